The molecule has 51 heavy (non-hydrogen) atoms. The quantitative estimate of drug-likeness (QED) is 0.110. The van der Waals surface area contributed by atoms with Crippen LogP contribution >= 0.6 is 23.2 Å². The fourth-order valence-electron chi connectivity index (χ4n) is 6.78. The van der Waals surface area contributed by atoms with Crippen molar-refractivity contribution in [1.82, 2.24) is 25.9 Å². The SMILES string of the molecule is CC(C)(CO)Cc1cccc([C@H](Nc2cc(Cl)c3ncc(C#N)c(Nc4ccc(F)c(Cl)c4)c3c2)C2=CN(C3CCN(C(C)(C)C)CC3)NN2)c1. The summed E-state index contributed by atoms with van der Waals surface area (Å²) in [7, 11) is 0. The third-order valence-corrected chi connectivity index (χ3v) is 10.2. The first-order valence-electron chi connectivity index (χ1n) is 17.2. The minimum Gasteiger partial charge on any atom is -0.396 e. The van der Waals surface area contributed by atoms with Gasteiger partial charge in [-0.2, -0.15) is 5.26 Å². The predicted octanol–water partition coefficient (Wildman–Crippen LogP) is 8.44. The van der Waals surface area contributed by atoms with Crippen molar-refractivity contribution in [3.8, 4) is 6.07 Å². The molecule has 1 saturated heterocycles. The van der Waals surface area contributed by atoms with Crippen LogP contribution in [0.2, 0.25) is 10.0 Å². The molecule has 0 aliphatic carbocycles. The lowest BCUT2D eigenvalue weighted by molar-refractivity contribution is 0.0570. The highest BCUT2D eigenvalue weighted by Crippen LogP contribution is 2.38. The van der Waals surface area contributed by atoms with E-state index >= 15 is 0 Å². The van der Waals surface area contributed by atoms with Gasteiger partial charge in [-0.05, 0) is 86.9 Å². The zero-order valence-electron chi connectivity index (χ0n) is 29.6. The van der Waals surface area contributed by atoms with Crippen molar-refractivity contribution in [3.63, 3.8) is 0 Å². The molecule has 1 fully saturated rings. The summed E-state index contributed by atoms with van der Waals surface area (Å²) in [6.07, 6.45) is 6.38. The number of hydrazine groups is 2. The number of nitrogens with zero attached hydrogens (tertiary/aromatic N) is 4. The lowest BCUT2D eigenvalue weighted by atomic mass is 9.86. The number of likely N-dealkylation sites (tertiary alicyclic amines) is 1. The molecule has 3 heterocycles. The molecule has 4 aromatic rings. The number of piperidine rings is 1. The number of halogens is 3. The van der Waals surface area contributed by atoms with Crippen LogP contribution in [0, 0.1) is 22.6 Å². The van der Waals surface area contributed by atoms with E-state index in [1.165, 1.54) is 18.3 Å². The van der Waals surface area contributed by atoms with Gasteiger partial charge in [0.1, 0.15) is 11.9 Å². The zero-order chi connectivity index (χ0) is 36.5. The number of nitriles is 1. The fourth-order valence-corrected chi connectivity index (χ4v) is 7.23. The lowest BCUT2D eigenvalue weighted by Crippen LogP contribution is -2.52. The summed E-state index contributed by atoms with van der Waals surface area (Å²) in [6.45, 7) is 13.0. The average molecular weight is 732 g/mol. The maximum Gasteiger partial charge on any atom is 0.141 e. The number of nitrogens with one attached hydrogen (secondary N) is 4. The third-order valence-electron chi connectivity index (χ3n) is 9.67. The van der Waals surface area contributed by atoms with E-state index in [1.54, 1.807) is 6.07 Å². The van der Waals surface area contributed by atoms with Crippen LogP contribution in [-0.2, 0) is 6.42 Å². The van der Waals surface area contributed by atoms with E-state index in [-0.39, 0.29) is 28.6 Å². The number of benzene rings is 3. The van der Waals surface area contributed by atoms with Crippen molar-refractivity contribution in [2.45, 2.75) is 71.5 Å². The highest BCUT2D eigenvalue weighted by Gasteiger charge is 2.32. The van der Waals surface area contributed by atoms with Crippen molar-refractivity contribution in [1.29, 1.82) is 5.26 Å². The molecule has 1 atom stereocenters. The minimum atomic E-state index is -0.537. The van der Waals surface area contributed by atoms with Gasteiger partial charge in [0, 0.05) is 60.4 Å². The van der Waals surface area contributed by atoms with E-state index < -0.39 is 5.82 Å². The summed E-state index contributed by atoms with van der Waals surface area (Å²) in [4.78, 5) is 7.04. The van der Waals surface area contributed by atoms with Gasteiger partial charge in [-0.15, -0.1) is 5.53 Å². The molecule has 9 nitrogen and oxygen atoms in total. The van der Waals surface area contributed by atoms with Gasteiger partial charge in [0.05, 0.1) is 38.6 Å². The Morgan fingerprint density at radius 3 is 2.47 bits per heavy atom. The number of fused-ring (bicyclic) bond motifs is 1. The van der Waals surface area contributed by atoms with Gasteiger partial charge < -0.3 is 21.2 Å². The van der Waals surface area contributed by atoms with Crippen molar-refractivity contribution < 1.29 is 9.50 Å². The monoisotopic (exact) mass is 730 g/mol. The summed E-state index contributed by atoms with van der Waals surface area (Å²) in [6, 6.07) is 18.6. The summed E-state index contributed by atoms with van der Waals surface area (Å²) in [5, 5.41) is 30.1. The molecule has 3 aromatic carbocycles. The van der Waals surface area contributed by atoms with Gasteiger partial charge in [-0.1, -0.05) is 61.3 Å². The maximum atomic E-state index is 14.0. The van der Waals surface area contributed by atoms with Gasteiger partial charge in [0.15, 0.2) is 0 Å². The molecule has 6 rings (SSSR count). The normalized spacial score (nSPS) is 16.5. The molecule has 0 unspecified atom stereocenters. The van der Waals surface area contributed by atoms with Crippen LogP contribution in [0.4, 0.5) is 21.5 Å². The predicted molar refractivity (Wildman–Crippen MR) is 204 cm³/mol. The molecule has 2 aliphatic rings. The molecule has 0 amide bonds. The minimum absolute atomic E-state index is 0.0375. The zero-order valence-corrected chi connectivity index (χ0v) is 31.1. The van der Waals surface area contributed by atoms with Gasteiger partial charge in [-0.25, -0.2) is 4.39 Å². The molecule has 268 valence electrons. The van der Waals surface area contributed by atoms with E-state index in [1.807, 2.05) is 18.2 Å². The molecule has 0 spiro atoms. The molecular formula is C39H45Cl2FN8O. The van der Waals surface area contributed by atoms with Crippen molar-refractivity contribution in [2.24, 2.45) is 5.41 Å². The molecule has 12 heteroatoms. The summed E-state index contributed by atoms with van der Waals surface area (Å²) < 4.78 is 14.0. The molecular weight excluding hydrogens is 686 g/mol. The average Bonchev–Trinajstić information content (AvgIpc) is 3.59. The fraction of sp³-hybridized carbons (Fsp3) is 0.385. The number of aliphatic hydroxyl groups is 1. The molecule has 1 aromatic heterocycles. The number of hydrogen-bond donors (Lipinski definition) is 5. The van der Waals surface area contributed by atoms with Gasteiger partial charge in [0.25, 0.3) is 0 Å². The Kier molecular flexibility index (Phi) is 10.7. The number of pyridine rings is 1. The number of hydrogen-bond acceptors (Lipinski definition) is 9. The van der Waals surface area contributed by atoms with Crippen LogP contribution in [-0.4, -0.2) is 51.3 Å². The highest BCUT2D eigenvalue weighted by molar-refractivity contribution is 6.36. The second kappa shape index (κ2) is 14.9. The summed E-state index contributed by atoms with van der Waals surface area (Å²) >= 11 is 13.0. The molecule has 0 bridgehead atoms. The number of aliphatic hydroxyl groups excluding tert-OH is 1. The number of aromatic nitrogens is 1. The first-order valence-corrected chi connectivity index (χ1v) is 18.0. The Labute approximate surface area is 309 Å². The summed E-state index contributed by atoms with van der Waals surface area (Å²) in [5.74, 6) is -0.537. The van der Waals surface area contributed by atoms with Crippen molar-refractivity contribution in [3.05, 3.63) is 105 Å². The standard InChI is InChI=1S/C39H45Cl2FN8O/c1-38(2,3)49-13-11-29(12-14-49)50-22-34(47-48-50)36(25-8-6-7-24(15-25)19-39(4,5)23-51)46-28-16-30-35(45-27-9-10-33(42)31(40)17-27)26(20-43)21-44-37(30)32(41)18-28/h6-10,15-18,21-22,29,36,46-48,51H,11-14,19,23H2,1-5H3,(H,44,45)/t36-/m0/s1. The van der Waals surface area contributed by atoms with Crippen LogP contribution in [0.15, 0.2) is 72.7 Å². The van der Waals surface area contributed by atoms with Gasteiger partial charge >= 0.3 is 0 Å². The van der Waals surface area contributed by atoms with Crippen LogP contribution < -0.4 is 21.6 Å². The second-order valence-corrected chi connectivity index (χ2v) is 16.0. The first kappa shape index (κ1) is 36.7. The van der Waals surface area contributed by atoms with Gasteiger partial charge in [-0.3, -0.25) is 14.9 Å². The van der Waals surface area contributed by atoms with E-state index in [4.69, 9.17) is 23.2 Å². The molecule has 0 radical (unpaired) electrons. The van der Waals surface area contributed by atoms with Crippen LogP contribution in [0.3, 0.4) is 0 Å². The third kappa shape index (κ3) is 8.35. The first-order chi connectivity index (χ1) is 24.2. The van der Waals surface area contributed by atoms with E-state index in [2.05, 4.69) is 102 Å². The largest absolute Gasteiger partial charge is 0.396 e. The number of rotatable bonds is 10. The summed E-state index contributed by atoms with van der Waals surface area (Å²) in [5.41, 5.74) is 12.3. The van der Waals surface area contributed by atoms with E-state index in [0.29, 0.717) is 51.0 Å². The Bertz CT molecular complexity index is 1980. The molecule has 0 saturated carbocycles. The number of anilines is 3. The Balaban J connectivity index is 1.37. The van der Waals surface area contributed by atoms with Crippen LogP contribution in [0.5, 0.6) is 0 Å². The Morgan fingerprint density at radius 2 is 1.78 bits per heavy atom. The smallest absolute Gasteiger partial charge is 0.141 e. The highest BCUT2D eigenvalue weighted by atomic mass is 35.5. The maximum absolute atomic E-state index is 14.0. The van der Waals surface area contributed by atoms with E-state index in [0.717, 1.165) is 42.8 Å². The second-order valence-electron chi connectivity index (χ2n) is 15.2. The Hall–Kier alpha value is -4.11. The van der Waals surface area contributed by atoms with Crippen LogP contribution in [0.1, 0.15) is 70.2 Å². The van der Waals surface area contributed by atoms with Crippen molar-refractivity contribution in [2.75, 3.05) is 30.3 Å². The molecule has 5 N–H and O–H groups in total. The van der Waals surface area contributed by atoms with Crippen LogP contribution in [0.25, 0.3) is 10.9 Å². The molecule has 2 aliphatic heterocycles. The topological polar surface area (TPSA) is 112 Å². The van der Waals surface area contributed by atoms with E-state index in [9.17, 15) is 14.8 Å². The Morgan fingerprint density at radius 1 is 1.04 bits per heavy atom. The lowest BCUT2D eigenvalue weighted by Gasteiger charge is -2.42. The van der Waals surface area contributed by atoms with Gasteiger partial charge in [0.2, 0.25) is 0 Å². The van der Waals surface area contributed by atoms with Crippen molar-refractivity contribution >= 4 is 51.2 Å².